The summed E-state index contributed by atoms with van der Waals surface area (Å²) in [6.07, 6.45) is 3.56. The molecule has 1 atom stereocenters. The Balaban J connectivity index is 1.89. The molecule has 0 aliphatic carbocycles. The van der Waals surface area contributed by atoms with E-state index in [1.807, 2.05) is 0 Å². The first-order chi connectivity index (χ1) is 9.88. The van der Waals surface area contributed by atoms with Crippen molar-refractivity contribution in [2.45, 2.75) is 63.3 Å². The molecule has 0 saturated carbocycles. The Hall–Kier alpha value is -0.960. The van der Waals surface area contributed by atoms with E-state index in [1.165, 1.54) is 16.9 Å². The summed E-state index contributed by atoms with van der Waals surface area (Å²) in [4.78, 5) is 15.6. The minimum absolute atomic E-state index is 0.183. The van der Waals surface area contributed by atoms with Gasteiger partial charge in [0.25, 0.3) is 0 Å². The van der Waals surface area contributed by atoms with Gasteiger partial charge in [0.05, 0.1) is 5.75 Å². The maximum Gasteiger partial charge on any atom is 0.233 e. The van der Waals surface area contributed by atoms with E-state index in [4.69, 9.17) is 0 Å². The molecule has 1 heterocycles. The molecule has 1 saturated heterocycles. The first-order valence-electron chi connectivity index (χ1n) is 7.91. The van der Waals surface area contributed by atoms with Gasteiger partial charge in [0.1, 0.15) is 0 Å². The van der Waals surface area contributed by atoms with Crippen molar-refractivity contribution in [3.63, 3.8) is 0 Å². The summed E-state index contributed by atoms with van der Waals surface area (Å²) in [7, 11) is 0. The van der Waals surface area contributed by atoms with E-state index >= 15 is 0 Å². The van der Waals surface area contributed by atoms with Crippen LogP contribution in [-0.2, 0) is 10.2 Å². The first kappa shape index (κ1) is 16.4. The molecule has 1 unspecified atom stereocenters. The lowest BCUT2D eigenvalue weighted by Gasteiger charge is -2.33. The quantitative estimate of drug-likeness (QED) is 0.768. The summed E-state index contributed by atoms with van der Waals surface area (Å²) in [5.41, 5.74) is 1.52. The van der Waals surface area contributed by atoms with Crippen LogP contribution < -0.4 is 0 Å². The molecule has 2 nitrogen and oxygen atoms in total. The maximum absolute atomic E-state index is 12.3. The van der Waals surface area contributed by atoms with Gasteiger partial charge in [-0.15, -0.1) is 11.8 Å². The Morgan fingerprint density at radius 3 is 2.48 bits per heavy atom. The summed E-state index contributed by atoms with van der Waals surface area (Å²) in [6.45, 7) is 9.76. The Bertz CT molecular complexity index is 475. The number of rotatable bonds is 3. The predicted molar refractivity (Wildman–Crippen MR) is 90.9 cm³/mol. The van der Waals surface area contributed by atoms with Crippen LogP contribution in [0, 0.1) is 0 Å². The fraction of sp³-hybridized carbons (Fsp3) is 0.611. The molecule has 1 aromatic carbocycles. The zero-order valence-electron chi connectivity index (χ0n) is 13.7. The average Bonchev–Trinajstić information content (AvgIpc) is 2.45. The van der Waals surface area contributed by atoms with E-state index in [2.05, 4.69) is 56.9 Å². The molecular formula is C18H27NOS. The van der Waals surface area contributed by atoms with E-state index in [1.54, 1.807) is 11.8 Å². The van der Waals surface area contributed by atoms with Gasteiger partial charge in [-0.3, -0.25) is 4.79 Å². The van der Waals surface area contributed by atoms with Crippen molar-refractivity contribution in [2.24, 2.45) is 0 Å². The second kappa shape index (κ2) is 6.87. The fourth-order valence-corrected chi connectivity index (χ4v) is 3.53. The van der Waals surface area contributed by atoms with Gasteiger partial charge >= 0.3 is 0 Å². The molecule has 1 aliphatic heterocycles. The van der Waals surface area contributed by atoms with Gasteiger partial charge in [-0.05, 0) is 49.3 Å². The highest BCUT2D eigenvalue weighted by atomic mass is 32.2. The largest absolute Gasteiger partial charge is 0.339 e. The maximum atomic E-state index is 12.3. The van der Waals surface area contributed by atoms with Crippen molar-refractivity contribution >= 4 is 17.7 Å². The molecule has 21 heavy (non-hydrogen) atoms. The van der Waals surface area contributed by atoms with Crippen molar-refractivity contribution in [1.82, 2.24) is 4.90 Å². The van der Waals surface area contributed by atoms with Crippen LogP contribution in [0.3, 0.4) is 0 Å². The lowest BCUT2D eigenvalue weighted by Crippen LogP contribution is -2.42. The lowest BCUT2D eigenvalue weighted by atomic mass is 9.87. The highest BCUT2D eigenvalue weighted by Gasteiger charge is 2.22. The topological polar surface area (TPSA) is 20.3 Å². The number of carbonyl (C=O) groups is 1. The number of piperidine rings is 1. The zero-order valence-corrected chi connectivity index (χ0v) is 14.5. The van der Waals surface area contributed by atoms with Crippen molar-refractivity contribution in [3.8, 4) is 0 Å². The van der Waals surface area contributed by atoms with E-state index in [9.17, 15) is 4.79 Å². The van der Waals surface area contributed by atoms with Crippen LogP contribution in [0.4, 0.5) is 0 Å². The van der Waals surface area contributed by atoms with Crippen LogP contribution >= 0.6 is 11.8 Å². The summed E-state index contributed by atoms with van der Waals surface area (Å²) < 4.78 is 0. The molecule has 1 fully saturated rings. The van der Waals surface area contributed by atoms with Crippen LogP contribution in [0.1, 0.15) is 52.5 Å². The SMILES string of the molecule is CC1CCCCN1C(=O)CSc1ccc(C(C)(C)C)cc1. The zero-order chi connectivity index (χ0) is 15.5. The number of thioether (sulfide) groups is 1. The van der Waals surface area contributed by atoms with Crippen LogP contribution in [0.15, 0.2) is 29.2 Å². The van der Waals surface area contributed by atoms with Gasteiger partial charge in [0, 0.05) is 17.5 Å². The molecule has 0 radical (unpaired) electrons. The van der Waals surface area contributed by atoms with Crippen LogP contribution in [0.2, 0.25) is 0 Å². The molecule has 1 aromatic rings. The third-order valence-electron chi connectivity index (χ3n) is 4.21. The van der Waals surface area contributed by atoms with Gasteiger partial charge < -0.3 is 4.90 Å². The molecule has 1 amide bonds. The van der Waals surface area contributed by atoms with Crippen LogP contribution in [-0.4, -0.2) is 29.1 Å². The van der Waals surface area contributed by atoms with Gasteiger partial charge in [-0.2, -0.15) is 0 Å². The third kappa shape index (κ3) is 4.50. The van der Waals surface area contributed by atoms with E-state index in [0.29, 0.717) is 11.8 Å². The molecule has 116 valence electrons. The molecule has 2 rings (SSSR count). The molecule has 1 aliphatic rings. The summed E-state index contributed by atoms with van der Waals surface area (Å²) in [5, 5.41) is 0. The van der Waals surface area contributed by atoms with Gasteiger partial charge in [0.2, 0.25) is 5.91 Å². The second-order valence-corrected chi connectivity index (χ2v) is 8.04. The molecule has 0 N–H and O–H groups in total. The van der Waals surface area contributed by atoms with Gasteiger partial charge in [-0.25, -0.2) is 0 Å². The normalized spacial score (nSPS) is 19.6. The van der Waals surface area contributed by atoms with Gasteiger partial charge in [0.15, 0.2) is 0 Å². The molecule has 0 aromatic heterocycles. The summed E-state index contributed by atoms with van der Waals surface area (Å²) in [5.74, 6) is 0.839. The number of benzene rings is 1. The fourth-order valence-electron chi connectivity index (χ4n) is 2.75. The third-order valence-corrected chi connectivity index (χ3v) is 5.20. The van der Waals surface area contributed by atoms with E-state index in [-0.39, 0.29) is 11.3 Å². The predicted octanol–water partition coefficient (Wildman–Crippen LogP) is 4.48. The monoisotopic (exact) mass is 305 g/mol. The Morgan fingerprint density at radius 2 is 1.90 bits per heavy atom. The van der Waals surface area contributed by atoms with E-state index < -0.39 is 0 Å². The van der Waals surface area contributed by atoms with Crippen molar-refractivity contribution < 1.29 is 4.79 Å². The highest BCUT2D eigenvalue weighted by molar-refractivity contribution is 8.00. The highest BCUT2D eigenvalue weighted by Crippen LogP contribution is 2.26. The van der Waals surface area contributed by atoms with Crippen LogP contribution in [0.25, 0.3) is 0 Å². The summed E-state index contributed by atoms with van der Waals surface area (Å²) in [6, 6.07) is 9.04. The standard InChI is InChI=1S/C18H27NOS/c1-14-7-5-6-12-19(14)17(20)13-21-16-10-8-15(9-11-16)18(2,3)4/h8-11,14H,5-7,12-13H2,1-4H3. The lowest BCUT2D eigenvalue weighted by molar-refractivity contribution is -0.131. The van der Waals surface area contributed by atoms with Crippen molar-refractivity contribution in [1.29, 1.82) is 0 Å². The van der Waals surface area contributed by atoms with Crippen molar-refractivity contribution in [2.75, 3.05) is 12.3 Å². The van der Waals surface area contributed by atoms with Crippen LogP contribution in [0.5, 0.6) is 0 Å². The molecule has 0 spiro atoms. The first-order valence-corrected chi connectivity index (χ1v) is 8.89. The number of carbonyl (C=O) groups excluding carboxylic acids is 1. The molecular weight excluding hydrogens is 278 g/mol. The minimum atomic E-state index is 0.183. The average molecular weight is 305 g/mol. The summed E-state index contributed by atoms with van der Waals surface area (Å²) >= 11 is 1.65. The number of nitrogens with zero attached hydrogens (tertiary/aromatic N) is 1. The number of hydrogen-bond donors (Lipinski definition) is 0. The van der Waals surface area contributed by atoms with E-state index in [0.717, 1.165) is 19.4 Å². The second-order valence-electron chi connectivity index (χ2n) is 6.99. The number of amides is 1. The number of likely N-dealkylation sites (tertiary alicyclic amines) is 1. The Morgan fingerprint density at radius 1 is 1.24 bits per heavy atom. The Labute approximate surface area is 133 Å². The Kier molecular flexibility index (Phi) is 5.37. The van der Waals surface area contributed by atoms with Gasteiger partial charge in [-0.1, -0.05) is 32.9 Å². The number of hydrogen-bond acceptors (Lipinski definition) is 2. The smallest absolute Gasteiger partial charge is 0.233 e. The molecule has 0 bridgehead atoms. The minimum Gasteiger partial charge on any atom is -0.339 e. The molecule has 3 heteroatoms. The van der Waals surface area contributed by atoms with Crippen molar-refractivity contribution in [3.05, 3.63) is 29.8 Å².